The maximum atomic E-state index is 12.3. The highest BCUT2D eigenvalue weighted by Gasteiger charge is 2.25. The van der Waals surface area contributed by atoms with Crippen LogP contribution in [0.5, 0.6) is 0 Å². The highest BCUT2D eigenvalue weighted by molar-refractivity contribution is 5.91. The molecule has 25 heavy (non-hydrogen) atoms. The minimum absolute atomic E-state index is 0.0692. The van der Waals surface area contributed by atoms with Crippen molar-refractivity contribution in [2.24, 2.45) is 7.05 Å². The Morgan fingerprint density at radius 2 is 2.16 bits per heavy atom. The summed E-state index contributed by atoms with van der Waals surface area (Å²) >= 11 is 0. The third kappa shape index (κ3) is 2.88. The van der Waals surface area contributed by atoms with Crippen molar-refractivity contribution in [3.63, 3.8) is 0 Å². The van der Waals surface area contributed by atoms with Gasteiger partial charge in [-0.25, -0.2) is 0 Å². The maximum absolute atomic E-state index is 12.3. The Bertz CT molecular complexity index is 895. The van der Waals surface area contributed by atoms with Crippen molar-refractivity contribution in [2.75, 3.05) is 24.1 Å². The molecule has 0 bridgehead atoms. The second-order valence-electron chi connectivity index (χ2n) is 6.13. The van der Waals surface area contributed by atoms with Crippen LogP contribution in [-0.4, -0.2) is 49.7 Å². The number of rotatable bonds is 3. The van der Waals surface area contributed by atoms with E-state index in [0.717, 1.165) is 18.2 Å². The van der Waals surface area contributed by atoms with Gasteiger partial charge in [0.1, 0.15) is 5.82 Å². The highest BCUT2D eigenvalue weighted by Crippen LogP contribution is 2.21. The van der Waals surface area contributed by atoms with E-state index in [1.165, 1.54) is 6.26 Å². The lowest BCUT2D eigenvalue weighted by Gasteiger charge is -2.31. The second kappa shape index (κ2) is 6.08. The number of carbonyl (C=O) groups excluding carboxylic acids is 1. The average Bonchev–Trinajstić information content (AvgIpc) is 3.26. The lowest BCUT2D eigenvalue weighted by atomic mass is 10.0. The van der Waals surface area contributed by atoms with Crippen LogP contribution in [0.15, 0.2) is 29.0 Å². The summed E-state index contributed by atoms with van der Waals surface area (Å²) < 4.78 is 6.85. The van der Waals surface area contributed by atoms with Crippen molar-refractivity contribution in [1.82, 2.24) is 24.6 Å². The van der Waals surface area contributed by atoms with E-state index in [1.54, 1.807) is 27.9 Å². The van der Waals surface area contributed by atoms with Crippen molar-refractivity contribution in [3.05, 3.63) is 30.4 Å². The summed E-state index contributed by atoms with van der Waals surface area (Å²) in [6.45, 7) is 1.31. The van der Waals surface area contributed by atoms with Gasteiger partial charge >= 0.3 is 0 Å². The zero-order valence-electron chi connectivity index (χ0n) is 13.8. The SMILES string of the molecule is Cn1ncc2c(N)nc(NC3CCN(C(=O)c4ccco4)CC3)nc21. The third-order valence-corrected chi connectivity index (χ3v) is 4.47. The van der Waals surface area contributed by atoms with Crippen LogP contribution in [0.3, 0.4) is 0 Å². The van der Waals surface area contributed by atoms with Gasteiger partial charge in [0.15, 0.2) is 11.4 Å². The van der Waals surface area contributed by atoms with Crippen LogP contribution in [-0.2, 0) is 7.05 Å². The zero-order valence-corrected chi connectivity index (χ0v) is 13.8. The molecule has 3 aromatic rings. The first-order chi connectivity index (χ1) is 12.1. The summed E-state index contributed by atoms with van der Waals surface area (Å²) in [6, 6.07) is 3.59. The van der Waals surface area contributed by atoms with Gasteiger partial charge in [-0.05, 0) is 25.0 Å². The predicted molar refractivity (Wildman–Crippen MR) is 92.0 cm³/mol. The molecular weight excluding hydrogens is 322 g/mol. The lowest BCUT2D eigenvalue weighted by Crippen LogP contribution is -2.42. The van der Waals surface area contributed by atoms with Crippen LogP contribution in [0.25, 0.3) is 11.0 Å². The molecule has 1 aliphatic heterocycles. The van der Waals surface area contributed by atoms with Gasteiger partial charge in [0.25, 0.3) is 5.91 Å². The van der Waals surface area contributed by atoms with Gasteiger partial charge < -0.3 is 20.4 Å². The quantitative estimate of drug-likeness (QED) is 0.736. The molecule has 3 N–H and O–H groups in total. The van der Waals surface area contributed by atoms with E-state index in [4.69, 9.17) is 10.2 Å². The number of carbonyl (C=O) groups is 1. The predicted octanol–water partition coefficient (Wildman–Crippen LogP) is 1.26. The Morgan fingerprint density at radius 3 is 2.88 bits per heavy atom. The van der Waals surface area contributed by atoms with Gasteiger partial charge in [0, 0.05) is 26.2 Å². The van der Waals surface area contributed by atoms with Crippen LogP contribution in [0, 0.1) is 0 Å². The number of amides is 1. The van der Waals surface area contributed by atoms with Gasteiger partial charge in [-0.2, -0.15) is 15.1 Å². The maximum Gasteiger partial charge on any atom is 0.289 e. The number of aromatic nitrogens is 4. The van der Waals surface area contributed by atoms with E-state index in [1.807, 2.05) is 7.05 Å². The first-order valence-corrected chi connectivity index (χ1v) is 8.16. The Kier molecular flexibility index (Phi) is 3.75. The molecule has 4 rings (SSSR count). The molecule has 0 atom stereocenters. The number of likely N-dealkylation sites (tertiary alicyclic amines) is 1. The number of hydrogen-bond donors (Lipinski definition) is 2. The number of nitrogens with one attached hydrogen (secondary N) is 1. The summed E-state index contributed by atoms with van der Waals surface area (Å²) in [5.41, 5.74) is 6.68. The van der Waals surface area contributed by atoms with Crippen LogP contribution in [0.1, 0.15) is 23.4 Å². The highest BCUT2D eigenvalue weighted by atomic mass is 16.3. The summed E-state index contributed by atoms with van der Waals surface area (Å²) in [6.07, 6.45) is 4.78. The van der Waals surface area contributed by atoms with Crippen LogP contribution in [0.4, 0.5) is 11.8 Å². The third-order valence-electron chi connectivity index (χ3n) is 4.47. The first-order valence-electron chi connectivity index (χ1n) is 8.16. The van der Waals surface area contributed by atoms with Crippen LogP contribution >= 0.6 is 0 Å². The largest absolute Gasteiger partial charge is 0.459 e. The van der Waals surface area contributed by atoms with E-state index in [-0.39, 0.29) is 11.9 Å². The molecule has 0 radical (unpaired) electrons. The minimum Gasteiger partial charge on any atom is -0.459 e. The lowest BCUT2D eigenvalue weighted by molar-refractivity contribution is 0.0686. The number of anilines is 2. The van der Waals surface area contributed by atoms with Gasteiger partial charge in [0.2, 0.25) is 5.95 Å². The van der Waals surface area contributed by atoms with Crippen molar-refractivity contribution >= 4 is 28.7 Å². The molecule has 0 spiro atoms. The van der Waals surface area contributed by atoms with E-state index in [2.05, 4.69) is 20.4 Å². The van der Waals surface area contributed by atoms with E-state index in [0.29, 0.717) is 36.3 Å². The molecule has 9 heteroatoms. The fourth-order valence-corrected chi connectivity index (χ4v) is 3.07. The number of nitrogens with zero attached hydrogens (tertiary/aromatic N) is 5. The Balaban J connectivity index is 1.42. The van der Waals surface area contributed by atoms with Crippen molar-refractivity contribution in [3.8, 4) is 0 Å². The van der Waals surface area contributed by atoms with Gasteiger partial charge in [-0.1, -0.05) is 0 Å². The fraction of sp³-hybridized carbons (Fsp3) is 0.375. The molecule has 0 saturated carbocycles. The molecule has 1 fully saturated rings. The molecule has 1 amide bonds. The van der Waals surface area contributed by atoms with Crippen molar-refractivity contribution in [2.45, 2.75) is 18.9 Å². The van der Waals surface area contributed by atoms with E-state index < -0.39 is 0 Å². The summed E-state index contributed by atoms with van der Waals surface area (Å²) in [4.78, 5) is 22.9. The molecule has 3 aromatic heterocycles. The Morgan fingerprint density at radius 1 is 1.36 bits per heavy atom. The number of nitrogen functional groups attached to an aromatic ring is 1. The Hall–Kier alpha value is -3.10. The monoisotopic (exact) mass is 341 g/mol. The summed E-state index contributed by atoms with van der Waals surface area (Å²) in [7, 11) is 1.82. The van der Waals surface area contributed by atoms with Gasteiger partial charge in [-0.3, -0.25) is 9.48 Å². The molecule has 0 aliphatic carbocycles. The first kappa shape index (κ1) is 15.4. The number of aryl methyl sites for hydroxylation is 1. The Labute approximate surface area is 143 Å². The number of piperidine rings is 1. The van der Waals surface area contributed by atoms with Crippen LogP contribution in [0.2, 0.25) is 0 Å². The standard InChI is InChI=1S/C16H19N7O2/c1-22-14-11(9-18-22)13(17)20-16(21-14)19-10-4-6-23(7-5-10)15(24)12-3-2-8-25-12/h2-3,8-10H,4-7H2,1H3,(H3,17,19,20,21). The molecule has 9 nitrogen and oxygen atoms in total. The molecular formula is C16H19N7O2. The van der Waals surface area contributed by atoms with Crippen molar-refractivity contribution in [1.29, 1.82) is 0 Å². The molecule has 130 valence electrons. The second-order valence-corrected chi connectivity index (χ2v) is 6.13. The van der Waals surface area contributed by atoms with Crippen molar-refractivity contribution < 1.29 is 9.21 Å². The van der Waals surface area contributed by atoms with Gasteiger partial charge in [-0.15, -0.1) is 0 Å². The molecule has 0 aromatic carbocycles. The topological polar surface area (TPSA) is 115 Å². The number of furan rings is 1. The summed E-state index contributed by atoms with van der Waals surface area (Å²) in [5, 5.41) is 8.21. The summed E-state index contributed by atoms with van der Waals surface area (Å²) in [5.74, 6) is 1.21. The smallest absolute Gasteiger partial charge is 0.289 e. The number of hydrogen-bond acceptors (Lipinski definition) is 7. The van der Waals surface area contributed by atoms with E-state index >= 15 is 0 Å². The molecule has 1 saturated heterocycles. The fourth-order valence-electron chi connectivity index (χ4n) is 3.07. The van der Waals surface area contributed by atoms with E-state index in [9.17, 15) is 4.79 Å². The molecule has 0 unspecified atom stereocenters. The number of nitrogens with two attached hydrogens (primary N) is 1. The average molecular weight is 341 g/mol. The number of fused-ring (bicyclic) bond motifs is 1. The molecule has 4 heterocycles. The zero-order chi connectivity index (χ0) is 17.4. The molecule has 1 aliphatic rings. The normalized spacial score (nSPS) is 15.6. The van der Waals surface area contributed by atoms with Crippen LogP contribution < -0.4 is 11.1 Å². The minimum atomic E-state index is -0.0692. The van der Waals surface area contributed by atoms with Gasteiger partial charge in [0.05, 0.1) is 17.8 Å².